The van der Waals surface area contributed by atoms with Gasteiger partial charge in [-0.1, -0.05) is 12.8 Å². The van der Waals surface area contributed by atoms with Crippen molar-refractivity contribution in [3.05, 3.63) is 29.3 Å². The smallest absolute Gasteiger partial charge is 0.253 e. The fourth-order valence-electron chi connectivity index (χ4n) is 2.71. The van der Waals surface area contributed by atoms with Gasteiger partial charge in [0.15, 0.2) is 0 Å². The van der Waals surface area contributed by atoms with Gasteiger partial charge in [-0.3, -0.25) is 9.59 Å². The maximum absolute atomic E-state index is 12.3. The average molecular weight is 289 g/mol. The summed E-state index contributed by atoms with van der Waals surface area (Å²) in [7, 11) is 3.44. The van der Waals surface area contributed by atoms with Crippen LogP contribution in [0, 0.1) is 6.92 Å². The van der Waals surface area contributed by atoms with E-state index in [0.717, 1.165) is 31.2 Å². The first-order chi connectivity index (χ1) is 9.83. The summed E-state index contributed by atoms with van der Waals surface area (Å²) in [5.41, 5.74) is 7.55. The molecular weight excluding hydrogens is 266 g/mol. The molecule has 0 aromatic heterocycles. The molecule has 0 saturated heterocycles. The number of anilines is 1. The normalized spacial score (nSPS) is 16.6. The van der Waals surface area contributed by atoms with Crippen molar-refractivity contribution in [3.63, 3.8) is 0 Å². The Balaban J connectivity index is 2.14. The van der Waals surface area contributed by atoms with E-state index in [0.29, 0.717) is 11.3 Å². The molecule has 0 unspecified atom stereocenters. The summed E-state index contributed by atoms with van der Waals surface area (Å²) in [6, 6.07) is 5.30. The quantitative estimate of drug-likeness (QED) is 0.892. The number of carbonyl (C=O) groups is 2. The summed E-state index contributed by atoms with van der Waals surface area (Å²) in [5.74, 6) is -0.178. The molecule has 114 valence electrons. The number of benzene rings is 1. The van der Waals surface area contributed by atoms with Crippen LogP contribution in [0.15, 0.2) is 18.2 Å². The molecule has 1 aromatic carbocycles. The molecule has 21 heavy (non-hydrogen) atoms. The predicted molar refractivity (Wildman–Crippen MR) is 83.2 cm³/mol. The Kier molecular flexibility index (Phi) is 4.32. The molecule has 5 nitrogen and oxygen atoms in total. The number of nitrogens with zero attached hydrogens (tertiary/aromatic N) is 1. The first-order valence-corrected chi connectivity index (χ1v) is 7.26. The van der Waals surface area contributed by atoms with Crippen LogP contribution in [0.25, 0.3) is 0 Å². The standard InChI is InChI=1S/C16H23N3O2/c1-11-10-12(6-7-13(11)14(20)19(2)3)18-15(21)16(17)8-4-5-9-16/h6-7,10H,4-5,8-9,17H2,1-3H3,(H,18,21). The number of hydrogen-bond donors (Lipinski definition) is 2. The second kappa shape index (κ2) is 5.85. The molecule has 0 spiro atoms. The molecule has 0 atom stereocenters. The van der Waals surface area contributed by atoms with Crippen molar-refractivity contribution in [1.82, 2.24) is 4.90 Å². The molecule has 1 saturated carbocycles. The van der Waals surface area contributed by atoms with E-state index in [-0.39, 0.29) is 11.8 Å². The second-order valence-corrected chi connectivity index (χ2v) is 6.05. The van der Waals surface area contributed by atoms with Gasteiger partial charge in [0.1, 0.15) is 0 Å². The van der Waals surface area contributed by atoms with Gasteiger partial charge in [-0.05, 0) is 43.5 Å². The Labute approximate surface area is 125 Å². The Bertz CT molecular complexity index is 561. The molecule has 0 bridgehead atoms. The molecule has 5 heteroatoms. The van der Waals surface area contributed by atoms with E-state index in [1.54, 1.807) is 26.2 Å². The molecular formula is C16H23N3O2. The highest BCUT2D eigenvalue weighted by Gasteiger charge is 2.36. The molecule has 0 heterocycles. The molecule has 0 radical (unpaired) electrons. The highest BCUT2D eigenvalue weighted by Crippen LogP contribution is 2.28. The van der Waals surface area contributed by atoms with Gasteiger partial charge in [0, 0.05) is 25.3 Å². The fraction of sp³-hybridized carbons (Fsp3) is 0.500. The predicted octanol–water partition coefficient (Wildman–Crippen LogP) is 1.91. The summed E-state index contributed by atoms with van der Waals surface area (Å²) >= 11 is 0. The van der Waals surface area contributed by atoms with E-state index in [4.69, 9.17) is 5.73 Å². The van der Waals surface area contributed by atoms with Crippen molar-refractivity contribution < 1.29 is 9.59 Å². The van der Waals surface area contributed by atoms with E-state index in [2.05, 4.69) is 5.32 Å². The third-order valence-electron chi connectivity index (χ3n) is 4.07. The van der Waals surface area contributed by atoms with Crippen molar-refractivity contribution in [2.75, 3.05) is 19.4 Å². The molecule has 2 amide bonds. The third kappa shape index (κ3) is 3.24. The Morgan fingerprint density at radius 2 is 1.86 bits per heavy atom. The molecule has 1 aliphatic rings. The minimum atomic E-state index is -0.744. The lowest BCUT2D eigenvalue weighted by molar-refractivity contribution is -0.121. The van der Waals surface area contributed by atoms with Gasteiger partial charge in [-0.25, -0.2) is 0 Å². The highest BCUT2D eigenvalue weighted by molar-refractivity contribution is 5.99. The molecule has 1 fully saturated rings. The number of carbonyl (C=O) groups excluding carboxylic acids is 2. The first kappa shape index (κ1) is 15.5. The maximum Gasteiger partial charge on any atom is 0.253 e. The fourth-order valence-corrected chi connectivity index (χ4v) is 2.71. The van der Waals surface area contributed by atoms with Gasteiger partial charge in [-0.15, -0.1) is 0 Å². The van der Waals surface area contributed by atoms with Crippen molar-refractivity contribution in [2.45, 2.75) is 38.1 Å². The summed E-state index contributed by atoms with van der Waals surface area (Å²) < 4.78 is 0. The zero-order chi connectivity index (χ0) is 15.6. The molecule has 1 aromatic rings. The van der Waals surface area contributed by atoms with E-state index in [1.165, 1.54) is 4.90 Å². The largest absolute Gasteiger partial charge is 0.345 e. The third-order valence-corrected chi connectivity index (χ3v) is 4.07. The van der Waals surface area contributed by atoms with Crippen LogP contribution in [-0.2, 0) is 4.79 Å². The van der Waals surface area contributed by atoms with Crippen LogP contribution in [0.5, 0.6) is 0 Å². The average Bonchev–Trinajstić information content (AvgIpc) is 2.86. The summed E-state index contributed by atoms with van der Waals surface area (Å²) in [5, 5.41) is 2.87. The van der Waals surface area contributed by atoms with Gasteiger partial charge >= 0.3 is 0 Å². The van der Waals surface area contributed by atoms with Gasteiger partial charge in [-0.2, -0.15) is 0 Å². The summed E-state index contributed by atoms with van der Waals surface area (Å²) in [6.07, 6.45) is 3.46. The van der Waals surface area contributed by atoms with Crippen molar-refractivity contribution in [1.29, 1.82) is 0 Å². The topological polar surface area (TPSA) is 75.4 Å². The van der Waals surface area contributed by atoms with Crippen LogP contribution >= 0.6 is 0 Å². The molecule has 0 aliphatic heterocycles. The Hall–Kier alpha value is -1.88. The van der Waals surface area contributed by atoms with E-state index >= 15 is 0 Å². The lowest BCUT2D eigenvalue weighted by Crippen LogP contribution is -2.48. The highest BCUT2D eigenvalue weighted by atomic mass is 16.2. The second-order valence-electron chi connectivity index (χ2n) is 6.05. The number of amides is 2. The van der Waals surface area contributed by atoms with Gasteiger partial charge in [0.25, 0.3) is 5.91 Å². The van der Waals surface area contributed by atoms with E-state index < -0.39 is 5.54 Å². The van der Waals surface area contributed by atoms with Gasteiger partial charge in [0.2, 0.25) is 5.91 Å². The van der Waals surface area contributed by atoms with Crippen molar-refractivity contribution in [3.8, 4) is 0 Å². The number of nitrogens with one attached hydrogen (secondary N) is 1. The van der Waals surface area contributed by atoms with Gasteiger partial charge in [0.05, 0.1) is 5.54 Å². The van der Waals surface area contributed by atoms with Crippen LogP contribution in [0.4, 0.5) is 5.69 Å². The van der Waals surface area contributed by atoms with E-state index in [9.17, 15) is 9.59 Å². The van der Waals surface area contributed by atoms with Crippen LogP contribution in [0.2, 0.25) is 0 Å². The van der Waals surface area contributed by atoms with E-state index in [1.807, 2.05) is 13.0 Å². The van der Waals surface area contributed by atoms with Crippen LogP contribution in [0.3, 0.4) is 0 Å². The number of hydrogen-bond acceptors (Lipinski definition) is 3. The number of aryl methyl sites for hydroxylation is 1. The lowest BCUT2D eigenvalue weighted by atomic mass is 9.98. The van der Waals surface area contributed by atoms with Gasteiger partial charge < -0.3 is 16.0 Å². The zero-order valence-corrected chi connectivity index (χ0v) is 12.9. The van der Waals surface area contributed by atoms with Crippen molar-refractivity contribution in [2.24, 2.45) is 5.73 Å². The van der Waals surface area contributed by atoms with Crippen LogP contribution in [0.1, 0.15) is 41.6 Å². The minimum absolute atomic E-state index is 0.0449. The number of rotatable bonds is 3. The number of nitrogens with two attached hydrogens (primary N) is 1. The maximum atomic E-state index is 12.3. The minimum Gasteiger partial charge on any atom is -0.345 e. The van der Waals surface area contributed by atoms with Crippen LogP contribution < -0.4 is 11.1 Å². The summed E-state index contributed by atoms with van der Waals surface area (Å²) in [4.78, 5) is 25.8. The van der Waals surface area contributed by atoms with Crippen LogP contribution in [-0.4, -0.2) is 36.3 Å². The molecule has 3 N–H and O–H groups in total. The Morgan fingerprint density at radius 3 is 2.38 bits per heavy atom. The lowest BCUT2D eigenvalue weighted by Gasteiger charge is -2.22. The summed E-state index contributed by atoms with van der Waals surface area (Å²) in [6.45, 7) is 1.86. The molecule has 1 aliphatic carbocycles. The molecule has 2 rings (SSSR count). The first-order valence-electron chi connectivity index (χ1n) is 7.26. The van der Waals surface area contributed by atoms with Crippen molar-refractivity contribution >= 4 is 17.5 Å². The SMILES string of the molecule is Cc1cc(NC(=O)C2(N)CCCC2)ccc1C(=O)N(C)C. The zero-order valence-electron chi connectivity index (χ0n) is 12.9. The Morgan fingerprint density at radius 1 is 1.24 bits per heavy atom. The monoisotopic (exact) mass is 289 g/mol.